The minimum Gasteiger partial charge on any atom is -0.488 e. The molecule has 0 radical (unpaired) electrons. The summed E-state index contributed by atoms with van der Waals surface area (Å²) < 4.78 is 17.4. The number of anilines is 1. The number of ether oxygens (including phenoxy) is 3. The van der Waals surface area contributed by atoms with Crippen molar-refractivity contribution in [1.82, 2.24) is 0 Å². The van der Waals surface area contributed by atoms with Crippen molar-refractivity contribution in [2.75, 3.05) is 18.1 Å². The van der Waals surface area contributed by atoms with Crippen LogP contribution in [0, 0.1) is 6.92 Å². The van der Waals surface area contributed by atoms with E-state index in [-0.39, 0.29) is 12.2 Å². The molecule has 3 aromatic carbocycles. The zero-order chi connectivity index (χ0) is 22.0. The van der Waals surface area contributed by atoms with E-state index in [1.807, 2.05) is 82.3 Å². The first-order valence-corrected chi connectivity index (χ1v) is 10.6. The number of benzene rings is 3. The highest BCUT2D eigenvalue weighted by Gasteiger charge is 2.33. The number of amides is 1. The largest absolute Gasteiger partial charge is 0.488 e. The lowest BCUT2D eigenvalue weighted by Gasteiger charge is -2.29. The second-order valence-electron chi connectivity index (χ2n) is 8.88. The molecule has 0 aliphatic carbocycles. The first-order valence-electron chi connectivity index (χ1n) is 10.6. The Morgan fingerprint density at radius 2 is 1.71 bits per heavy atom. The number of rotatable bonds is 6. The van der Waals surface area contributed by atoms with Crippen LogP contribution < -0.4 is 9.64 Å². The maximum Gasteiger partial charge on any atom is 0.414 e. The van der Waals surface area contributed by atoms with Crippen LogP contribution >= 0.6 is 0 Å². The summed E-state index contributed by atoms with van der Waals surface area (Å²) in [6, 6.07) is 20.1. The molecule has 1 aliphatic heterocycles. The van der Waals surface area contributed by atoms with E-state index in [9.17, 15) is 4.79 Å². The second kappa shape index (κ2) is 8.60. The molecule has 0 N–H and O–H groups in total. The van der Waals surface area contributed by atoms with E-state index in [0.29, 0.717) is 19.8 Å². The van der Waals surface area contributed by atoms with Crippen LogP contribution in [-0.4, -0.2) is 30.9 Å². The molecule has 1 saturated heterocycles. The van der Waals surface area contributed by atoms with E-state index in [1.54, 1.807) is 4.90 Å². The summed E-state index contributed by atoms with van der Waals surface area (Å²) >= 11 is 0. The second-order valence-corrected chi connectivity index (χ2v) is 8.88. The van der Waals surface area contributed by atoms with Gasteiger partial charge in [0.05, 0.1) is 24.9 Å². The van der Waals surface area contributed by atoms with Crippen molar-refractivity contribution in [3.63, 3.8) is 0 Å². The van der Waals surface area contributed by atoms with Gasteiger partial charge >= 0.3 is 6.09 Å². The summed E-state index contributed by atoms with van der Waals surface area (Å²) in [6.07, 6.45) is -0.345. The summed E-state index contributed by atoms with van der Waals surface area (Å²) in [6.45, 7) is 9.21. The molecule has 0 saturated carbocycles. The van der Waals surface area contributed by atoms with Gasteiger partial charge in [0.2, 0.25) is 0 Å². The molecule has 0 aromatic heterocycles. The van der Waals surface area contributed by atoms with E-state index in [2.05, 4.69) is 6.07 Å². The van der Waals surface area contributed by atoms with Crippen molar-refractivity contribution >= 4 is 22.6 Å². The maximum atomic E-state index is 13.1. The van der Waals surface area contributed by atoms with Crippen LogP contribution in [0.5, 0.6) is 5.75 Å². The summed E-state index contributed by atoms with van der Waals surface area (Å²) in [7, 11) is 0. The van der Waals surface area contributed by atoms with Crippen molar-refractivity contribution in [1.29, 1.82) is 0 Å². The molecular formula is C26H29NO4. The Morgan fingerprint density at radius 1 is 1.06 bits per heavy atom. The Hall–Kier alpha value is -3.05. The van der Waals surface area contributed by atoms with Crippen molar-refractivity contribution < 1.29 is 19.0 Å². The number of hydrogen-bond acceptors (Lipinski definition) is 4. The van der Waals surface area contributed by atoms with Crippen molar-refractivity contribution in [3.05, 3.63) is 71.8 Å². The molecule has 1 unspecified atom stereocenters. The van der Waals surface area contributed by atoms with Gasteiger partial charge in [-0.2, -0.15) is 0 Å². The summed E-state index contributed by atoms with van der Waals surface area (Å²) in [5, 5.41) is 2.07. The number of epoxide rings is 1. The number of nitrogens with zero attached hydrogens (tertiary/aromatic N) is 1. The number of fused-ring (bicyclic) bond motifs is 1. The van der Waals surface area contributed by atoms with Gasteiger partial charge in [0.25, 0.3) is 0 Å². The van der Waals surface area contributed by atoms with Crippen LogP contribution in [0.1, 0.15) is 31.9 Å². The molecule has 1 amide bonds. The van der Waals surface area contributed by atoms with Gasteiger partial charge in [0, 0.05) is 11.5 Å². The minimum atomic E-state index is -0.586. The molecule has 31 heavy (non-hydrogen) atoms. The average Bonchev–Trinajstić information content (AvgIpc) is 3.56. The fourth-order valence-corrected chi connectivity index (χ4v) is 3.57. The smallest absolute Gasteiger partial charge is 0.414 e. The van der Waals surface area contributed by atoms with Gasteiger partial charge < -0.3 is 14.2 Å². The van der Waals surface area contributed by atoms with Crippen molar-refractivity contribution in [2.45, 2.75) is 46.0 Å². The number of carbonyl (C=O) groups is 1. The predicted octanol–water partition coefficient (Wildman–Crippen LogP) is 5.87. The fourth-order valence-electron chi connectivity index (χ4n) is 3.57. The Labute approximate surface area is 183 Å². The van der Waals surface area contributed by atoms with Crippen LogP contribution in [0.25, 0.3) is 10.8 Å². The topological polar surface area (TPSA) is 51.3 Å². The minimum absolute atomic E-state index is 0.0343. The molecule has 1 heterocycles. The van der Waals surface area contributed by atoms with Crippen LogP contribution in [0.2, 0.25) is 0 Å². The zero-order valence-corrected chi connectivity index (χ0v) is 18.6. The Kier molecular flexibility index (Phi) is 5.88. The van der Waals surface area contributed by atoms with E-state index < -0.39 is 5.60 Å². The molecule has 3 aromatic rings. The molecular weight excluding hydrogens is 390 g/mol. The number of hydrogen-bond donors (Lipinski definition) is 0. The molecule has 1 fully saturated rings. The quantitative estimate of drug-likeness (QED) is 0.469. The lowest BCUT2D eigenvalue weighted by Crippen LogP contribution is -2.39. The molecule has 0 bridgehead atoms. The molecule has 5 heteroatoms. The SMILES string of the molecule is Cc1c(N(CC2CO2)C(=O)OC(C)(C)C)cc(OCc2ccccc2)c2ccccc12. The lowest BCUT2D eigenvalue weighted by molar-refractivity contribution is 0.0577. The Bertz CT molecular complexity index is 1070. The van der Waals surface area contributed by atoms with Gasteiger partial charge in [-0.15, -0.1) is 0 Å². The molecule has 1 atom stereocenters. The number of carbonyl (C=O) groups excluding carboxylic acids is 1. The third kappa shape index (κ3) is 5.17. The van der Waals surface area contributed by atoms with Gasteiger partial charge in [0.15, 0.2) is 0 Å². The van der Waals surface area contributed by atoms with Gasteiger partial charge in [-0.3, -0.25) is 4.90 Å². The molecule has 4 rings (SSSR count). The fraction of sp³-hybridized carbons (Fsp3) is 0.346. The normalized spacial score (nSPS) is 15.5. The molecule has 5 nitrogen and oxygen atoms in total. The number of aryl methyl sites for hydroxylation is 1. The standard InChI is InChI=1S/C26H29NO4/c1-18-21-12-8-9-13-22(21)24(30-16-19-10-6-5-7-11-19)14-23(18)27(15-20-17-29-20)25(28)31-26(2,3)4/h5-14,20H,15-17H2,1-4H3. The lowest BCUT2D eigenvalue weighted by atomic mass is 10.0. The first-order chi connectivity index (χ1) is 14.8. The maximum absolute atomic E-state index is 13.1. The third-order valence-corrected chi connectivity index (χ3v) is 5.18. The zero-order valence-electron chi connectivity index (χ0n) is 18.6. The van der Waals surface area contributed by atoms with Gasteiger partial charge in [-0.25, -0.2) is 4.79 Å². The van der Waals surface area contributed by atoms with Gasteiger partial charge in [0.1, 0.15) is 18.0 Å². The van der Waals surface area contributed by atoms with Crippen LogP contribution in [0.3, 0.4) is 0 Å². The highest BCUT2D eigenvalue weighted by Crippen LogP contribution is 2.37. The van der Waals surface area contributed by atoms with Crippen LogP contribution in [-0.2, 0) is 16.1 Å². The third-order valence-electron chi connectivity index (χ3n) is 5.18. The average molecular weight is 420 g/mol. The van der Waals surface area contributed by atoms with Gasteiger partial charge in [-0.05, 0) is 44.2 Å². The van der Waals surface area contributed by atoms with Crippen molar-refractivity contribution in [2.24, 2.45) is 0 Å². The predicted molar refractivity (Wildman–Crippen MR) is 123 cm³/mol. The van der Waals surface area contributed by atoms with Crippen molar-refractivity contribution in [3.8, 4) is 5.75 Å². The van der Waals surface area contributed by atoms with Crippen LogP contribution in [0.15, 0.2) is 60.7 Å². The molecule has 162 valence electrons. The van der Waals surface area contributed by atoms with Crippen LogP contribution in [0.4, 0.5) is 10.5 Å². The highest BCUT2D eigenvalue weighted by molar-refractivity contribution is 5.99. The van der Waals surface area contributed by atoms with E-state index in [4.69, 9.17) is 14.2 Å². The Morgan fingerprint density at radius 3 is 2.35 bits per heavy atom. The Balaban J connectivity index is 1.74. The molecule has 1 aliphatic rings. The molecule has 0 spiro atoms. The van der Waals surface area contributed by atoms with Gasteiger partial charge in [-0.1, -0.05) is 54.6 Å². The summed E-state index contributed by atoms with van der Waals surface area (Å²) in [5.41, 5.74) is 2.29. The summed E-state index contributed by atoms with van der Waals surface area (Å²) in [4.78, 5) is 14.8. The summed E-state index contributed by atoms with van der Waals surface area (Å²) in [5.74, 6) is 0.741. The van der Waals surface area contributed by atoms with E-state index in [0.717, 1.165) is 33.3 Å². The monoisotopic (exact) mass is 419 g/mol. The first kappa shape index (κ1) is 21.2. The highest BCUT2D eigenvalue weighted by atomic mass is 16.6. The van der Waals surface area contributed by atoms with E-state index in [1.165, 1.54) is 0 Å². The van der Waals surface area contributed by atoms with E-state index >= 15 is 0 Å².